The van der Waals surface area contributed by atoms with Crippen LogP contribution in [-0.2, 0) is 11.2 Å². The van der Waals surface area contributed by atoms with Crippen molar-refractivity contribution < 1.29 is 18.7 Å². The maximum atomic E-state index is 15.5. The molecule has 1 aliphatic carbocycles. The Morgan fingerprint density at radius 3 is 2.39 bits per heavy atom. The molecule has 3 aliphatic heterocycles. The molecule has 0 radical (unpaired) electrons. The van der Waals surface area contributed by atoms with Crippen molar-refractivity contribution in [2.45, 2.75) is 65.2 Å². The van der Waals surface area contributed by atoms with E-state index in [1.807, 2.05) is 19.9 Å². The van der Waals surface area contributed by atoms with Crippen LogP contribution in [0.1, 0.15) is 57.7 Å². The van der Waals surface area contributed by atoms with Gasteiger partial charge in [-0.05, 0) is 98.5 Å². The first-order chi connectivity index (χ1) is 17.0. The Balaban J connectivity index is 1.38. The van der Waals surface area contributed by atoms with Gasteiger partial charge >= 0.3 is 6.09 Å². The van der Waals surface area contributed by atoms with Crippen LogP contribution in [0.15, 0.2) is 24.3 Å². The molecule has 0 spiro atoms. The summed E-state index contributed by atoms with van der Waals surface area (Å²) in [5.41, 5.74) is 2.46. The molecule has 36 heavy (non-hydrogen) atoms. The number of piperidine rings is 3. The molecule has 1 N–H and O–H groups in total. The van der Waals surface area contributed by atoms with E-state index in [0.717, 1.165) is 43.6 Å². The van der Waals surface area contributed by atoms with Crippen LogP contribution in [0.3, 0.4) is 0 Å². The van der Waals surface area contributed by atoms with Crippen molar-refractivity contribution in [3.8, 4) is 16.9 Å². The summed E-state index contributed by atoms with van der Waals surface area (Å²) in [4.78, 5) is 15.3. The number of carbonyl (C=O) groups excluding carboxylic acids is 1. The van der Waals surface area contributed by atoms with Gasteiger partial charge in [-0.3, -0.25) is 4.90 Å². The first-order valence-corrected chi connectivity index (χ1v) is 13.5. The van der Waals surface area contributed by atoms with E-state index in [1.165, 1.54) is 6.07 Å². The number of hydrogen-bond acceptors (Lipinski definition) is 4. The van der Waals surface area contributed by atoms with Crippen LogP contribution in [0.5, 0.6) is 5.75 Å². The SMILES string of the molecule is CC(C)Oc1c(Cl)cc(-c2cc3c(cc2F)[C@H](NC(=O)O[C@@H]2CN4CCC2CC4)C(C)(C)C3)cc1Cl. The number of nitrogens with zero attached hydrogens (tertiary/aromatic N) is 1. The van der Waals surface area contributed by atoms with Gasteiger partial charge in [0.05, 0.1) is 22.2 Å². The van der Waals surface area contributed by atoms with Crippen LogP contribution in [0.25, 0.3) is 11.1 Å². The molecule has 0 unspecified atom stereocenters. The molecule has 0 aromatic heterocycles. The molecular formula is C28H33Cl2FN2O3. The molecule has 3 saturated heterocycles. The number of benzene rings is 2. The second-order valence-corrected chi connectivity index (χ2v) is 12.1. The molecular weight excluding hydrogens is 502 g/mol. The van der Waals surface area contributed by atoms with E-state index in [0.29, 0.717) is 39.3 Å². The summed E-state index contributed by atoms with van der Waals surface area (Å²) in [5.74, 6) is 0.430. The van der Waals surface area contributed by atoms with Gasteiger partial charge in [-0.2, -0.15) is 0 Å². The highest BCUT2D eigenvalue weighted by molar-refractivity contribution is 6.37. The van der Waals surface area contributed by atoms with Crippen LogP contribution in [0.2, 0.25) is 10.0 Å². The van der Waals surface area contributed by atoms with E-state index in [-0.39, 0.29) is 23.7 Å². The normalized spacial score (nSPS) is 26.1. The molecule has 5 nitrogen and oxygen atoms in total. The highest BCUT2D eigenvalue weighted by Crippen LogP contribution is 2.48. The van der Waals surface area contributed by atoms with Crippen molar-refractivity contribution in [2.75, 3.05) is 19.6 Å². The van der Waals surface area contributed by atoms with Crippen molar-refractivity contribution >= 4 is 29.3 Å². The van der Waals surface area contributed by atoms with E-state index in [2.05, 4.69) is 24.1 Å². The van der Waals surface area contributed by atoms with Gasteiger partial charge < -0.3 is 14.8 Å². The highest BCUT2D eigenvalue weighted by Gasteiger charge is 2.42. The number of halogens is 3. The third-order valence-corrected chi connectivity index (χ3v) is 8.31. The van der Waals surface area contributed by atoms with Gasteiger partial charge in [0.2, 0.25) is 0 Å². The third-order valence-electron chi connectivity index (χ3n) is 7.75. The van der Waals surface area contributed by atoms with Gasteiger partial charge in [0.1, 0.15) is 11.9 Å². The van der Waals surface area contributed by atoms with E-state index < -0.39 is 11.9 Å². The molecule has 8 heteroatoms. The molecule has 2 atom stereocenters. The molecule has 2 aromatic rings. The molecule has 1 amide bonds. The topological polar surface area (TPSA) is 50.8 Å². The minimum absolute atomic E-state index is 0.0762. The predicted molar refractivity (Wildman–Crippen MR) is 140 cm³/mol. The molecule has 2 bridgehead atoms. The number of fused-ring (bicyclic) bond motifs is 4. The lowest BCUT2D eigenvalue weighted by Gasteiger charge is -2.44. The Bertz CT molecular complexity index is 1150. The Morgan fingerprint density at radius 1 is 1.14 bits per heavy atom. The van der Waals surface area contributed by atoms with Gasteiger partial charge in [-0.25, -0.2) is 9.18 Å². The molecule has 3 heterocycles. The number of carbonyl (C=O) groups is 1. The van der Waals surface area contributed by atoms with Crippen molar-refractivity contribution in [3.05, 3.63) is 51.3 Å². The molecule has 3 fully saturated rings. The van der Waals surface area contributed by atoms with Gasteiger partial charge in [-0.1, -0.05) is 37.0 Å². The van der Waals surface area contributed by atoms with E-state index in [4.69, 9.17) is 32.7 Å². The largest absolute Gasteiger partial charge is 0.488 e. The number of ether oxygens (including phenoxy) is 2. The quantitative estimate of drug-likeness (QED) is 0.447. The average Bonchev–Trinajstić information content (AvgIpc) is 3.05. The zero-order valence-electron chi connectivity index (χ0n) is 21.2. The fraction of sp³-hybridized carbons (Fsp3) is 0.536. The van der Waals surface area contributed by atoms with Crippen LogP contribution in [-0.4, -0.2) is 42.8 Å². The lowest BCUT2D eigenvalue weighted by atomic mass is 9.85. The summed E-state index contributed by atoms with van der Waals surface area (Å²) in [6.07, 6.45) is 2.24. The smallest absolute Gasteiger partial charge is 0.407 e. The van der Waals surface area contributed by atoms with E-state index >= 15 is 4.39 Å². The molecule has 6 rings (SSSR count). The molecule has 2 aromatic carbocycles. The number of nitrogens with one attached hydrogen (secondary N) is 1. The summed E-state index contributed by atoms with van der Waals surface area (Å²) in [6, 6.07) is 6.38. The van der Waals surface area contributed by atoms with Crippen LogP contribution < -0.4 is 10.1 Å². The van der Waals surface area contributed by atoms with Crippen molar-refractivity contribution in [3.63, 3.8) is 0 Å². The third kappa shape index (κ3) is 4.92. The zero-order chi connectivity index (χ0) is 25.8. The monoisotopic (exact) mass is 534 g/mol. The van der Waals surface area contributed by atoms with E-state index in [1.54, 1.807) is 12.1 Å². The minimum Gasteiger partial charge on any atom is -0.488 e. The molecule has 0 saturated carbocycles. The van der Waals surface area contributed by atoms with Crippen molar-refractivity contribution in [1.82, 2.24) is 10.2 Å². The maximum Gasteiger partial charge on any atom is 0.407 e. The van der Waals surface area contributed by atoms with Gasteiger partial charge in [0, 0.05) is 12.1 Å². The second kappa shape index (κ2) is 9.70. The Labute approximate surface area is 222 Å². The zero-order valence-corrected chi connectivity index (χ0v) is 22.7. The lowest BCUT2D eigenvalue weighted by molar-refractivity contribution is -0.0349. The maximum absolute atomic E-state index is 15.5. The Kier molecular flexibility index (Phi) is 6.90. The van der Waals surface area contributed by atoms with Crippen molar-refractivity contribution in [1.29, 1.82) is 0 Å². The summed E-state index contributed by atoms with van der Waals surface area (Å²) in [7, 11) is 0. The summed E-state index contributed by atoms with van der Waals surface area (Å²) in [5, 5.41) is 3.73. The lowest BCUT2D eigenvalue weighted by Crippen LogP contribution is -2.53. The number of rotatable bonds is 5. The van der Waals surface area contributed by atoms with Crippen LogP contribution >= 0.6 is 23.2 Å². The fourth-order valence-corrected chi connectivity index (χ4v) is 6.54. The summed E-state index contributed by atoms with van der Waals surface area (Å²) in [6.45, 7) is 10.9. The van der Waals surface area contributed by atoms with Gasteiger partial charge in [0.25, 0.3) is 0 Å². The van der Waals surface area contributed by atoms with Gasteiger partial charge in [0.15, 0.2) is 5.75 Å². The molecule has 4 aliphatic rings. The summed E-state index contributed by atoms with van der Waals surface area (Å²) < 4.78 is 27.0. The number of hydrogen-bond donors (Lipinski definition) is 1. The summed E-state index contributed by atoms with van der Waals surface area (Å²) >= 11 is 12.9. The molecule has 194 valence electrons. The Morgan fingerprint density at radius 2 is 1.81 bits per heavy atom. The van der Waals surface area contributed by atoms with Gasteiger partial charge in [-0.15, -0.1) is 0 Å². The Hall–Kier alpha value is -2.02. The first kappa shape index (κ1) is 25.6. The van der Waals surface area contributed by atoms with Crippen LogP contribution in [0.4, 0.5) is 9.18 Å². The number of amides is 1. The predicted octanol–water partition coefficient (Wildman–Crippen LogP) is 7.03. The second-order valence-electron chi connectivity index (χ2n) is 11.3. The van der Waals surface area contributed by atoms with Crippen molar-refractivity contribution in [2.24, 2.45) is 11.3 Å². The fourth-order valence-electron chi connectivity index (χ4n) is 5.96. The number of alkyl carbamates (subject to hydrolysis) is 1. The minimum atomic E-state index is -0.427. The first-order valence-electron chi connectivity index (χ1n) is 12.7. The average molecular weight is 535 g/mol. The standard InChI is InChI=1S/C28H33Cl2FN2O3/c1-15(2)35-25-21(29)10-17(11-22(25)30)19-9-18-13-28(3,4)26(20(18)12-23(19)31)32-27(34)36-24-14-33-7-5-16(24)6-8-33/h9-12,15-16,24,26H,5-8,13-14H2,1-4H3,(H,32,34)/t24-,26+/m1/s1. The highest BCUT2D eigenvalue weighted by atomic mass is 35.5. The van der Waals surface area contributed by atoms with E-state index in [9.17, 15) is 4.79 Å². The van der Waals surface area contributed by atoms with Crippen LogP contribution in [0, 0.1) is 17.2 Å².